The zero-order valence-corrected chi connectivity index (χ0v) is 10.0. The predicted molar refractivity (Wildman–Crippen MR) is 49.6 cm³/mol. The van der Waals surface area contributed by atoms with Crippen LogP contribution in [0.4, 0.5) is 26.3 Å². The van der Waals surface area contributed by atoms with Gasteiger partial charge in [0.25, 0.3) is 5.79 Å². The van der Waals surface area contributed by atoms with E-state index in [0.29, 0.717) is 6.92 Å². The summed E-state index contributed by atoms with van der Waals surface area (Å²) in [5.41, 5.74) is -4.38. The summed E-state index contributed by atoms with van der Waals surface area (Å²) in [4.78, 5) is 0. The van der Waals surface area contributed by atoms with Gasteiger partial charge in [0.2, 0.25) is 0 Å². The van der Waals surface area contributed by atoms with Crippen molar-refractivity contribution >= 4 is 0 Å². The van der Waals surface area contributed by atoms with Crippen LogP contribution in [-0.4, -0.2) is 28.8 Å². The molecule has 1 unspecified atom stereocenters. The van der Waals surface area contributed by atoms with Crippen molar-refractivity contribution < 1.29 is 36.2 Å². The van der Waals surface area contributed by atoms with Gasteiger partial charge in [-0.2, -0.15) is 26.3 Å². The van der Waals surface area contributed by atoms with E-state index in [-0.39, 0.29) is 0 Å². The Morgan fingerprint density at radius 1 is 0.889 bits per heavy atom. The smallest absolute Gasteiger partial charge is 0.358 e. The van der Waals surface area contributed by atoms with Crippen LogP contribution in [0.2, 0.25) is 0 Å². The first-order valence-corrected chi connectivity index (χ1v) is 5.18. The van der Waals surface area contributed by atoms with Gasteiger partial charge < -0.3 is 9.84 Å². The molecule has 0 aromatic heterocycles. The van der Waals surface area contributed by atoms with E-state index >= 15 is 0 Å². The third-order valence-corrected chi connectivity index (χ3v) is 3.02. The molecular weight excluding hydrogens is 266 g/mol. The summed E-state index contributed by atoms with van der Waals surface area (Å²) in [5, 5.41) is 9.40. The van der Waals surface area contributed by atoms with Crippen molar-refractivity contribution in [1.29, 1.82) is 0 Å². The van der Waals surface area contributed by atoms with Crippen molar-refractivity contribution in [3.63, 3.8) is 0 Å². The summed E-state index contributed by atoms with van der Waals surface area (Å²) in [7, 11) is 0. The number of hydrogen-bond donors (Lipinski definition) is 1. The Bertz CT molecular complexity index is 304. The Kier molecular flexibility index (Phi) is 3.24. The van der Waals surface area contributed by atoms with Crippen LogP contribution in [0.15, 0.2) is 0 Å². The fourth-order valence-corrected chi connectivity index (χ4v) is 2.42. The van der Waals surface area contributed by atoms with E-state index in [2.05, 4.69) is 4.74 Å². The first-order chi connectivity index (χ1) is 7.62. The van der Waals surface area contributed by atoms with Crippen molar-refractivity contribution in [2.45, 2.75) is 57.4 Å². The maximum absolute atomic E-state index is 12.9. The topological polar surface area (TPSA) is 29.5 Å². The van der Waals surface area contributed by atoms with Crippen molar-refractivity contribution in [3.8, 4) is 0 Å². The van der Waals surface area contributed by atoms with Crippen LogP contribution >= 0.6 is 0 Å². The molecule has 8 heteroatoms. The maximum Gasteiger partial charge on any atom is 0.443 e. The van der Waals surface area contributed by atoms with Gasteiger partial charge in [-0.15, -0.1) is 0 Å². The third kappa shape index (κ3) is 2.59. The molecule has 1 N–H and O–H groups in total. The molecule has 0 bridgehead atoms. The number of rotatable bonds is 0. The second kappa shape index (κ2) is 3.75. The summed E-state index contributed by atoms with van der Waals surface area (Å²) in [6.45, 7) is 2.84. The molecule has 2 nitrogen and oxygen atoms in total. The van der Waals surface area contributed by atoms with Gasteiger partial charge in [0.1, 0.15) is 0 Å². The Morgan fingerprint density at radius 3 is 1.67 bits per heavy atom. The third-order valence-electron chi connectivity index (χ3n) is 3.02. The van der Waals surface area contributed by atoms with Gasteiger partial charge in [0, 0.05) is 6.42 Å². The minimum Gasteiger partial charge on any atom is -0.358 e. The number of alkyl halides is 6. The first-order valence-electron chi connectivity index (χ1n) is 5.18. The highest BCUT2D eigenvalue weighted by Gasteiger charge is 2.68. The van der Waals surface area contributed by atoms with Gasteiger partial charge in [0.15, 0.2) is 0 Å². The molecule has 1 rings (SSSR count). The molecule has 0 spiro atoms. The molecular formula is C10H14F6O2. The Morgan fingerprint density at radius 2 is 1.33 bits per heavy atom. The van der Waals surface area contributed by atoms with Crippen LogP contribution < -0.4 is 0 Å². The lowest BCUT2D eigenvalue weighted by Crippen LogP contribution is -2.62. The van der Waals surface area contributed by atoms with Gasteiger partial charge in [-0.25, -0.2) is 0 Å². The zero-order valence-electron chi connectivity index (χ0n) is 10.0. The molecule has 0 aromatic carbocycles. The monoisotopic (exact) mass is 280 g/mol. The van der Waals surface area contributed by atoms with Crippen LogP contribution in [0.5, 0.6) is 0 Å². The van der Waals surface area contributed by atoms with E-state index in [1.54, 1.807) is 0 Å². The van der Waals surface area contributed by atoms with Crippen LogP contribution in [0, 0.1) is 5.41 Å². The molecule has 1 aliphatic heterocycles. The summed E-state index contributed by atoms with van der Waals surface area (Å²) >= 11 is 0. The van der Waals surface area contributed by atoms with E-state index in [1.807, 2.05) is 0 Å². The summed E-state index contributed by atoms with van der Waals surface area (Å²) in [6.07, 6.45) is -12.3. The summed E-state index contributed by atoms with van der Waals surface area (Å²) in [5.74, 6) is -3.78. The molecule has 0 saturated carbocycles. The van der Waals surface area contributed by atoms with Crippen molar-refractivity contribution in [2.24, 2.45) is 5.41 Å². The average molecular weight is 280 g/mol. The van der Waals surface area contributed by atoms with E-state index in [0.717, 1.165) is 13.8 Å². The number of halogens is 6. The molecule has 108 valence electrons. The van der Waals surface area contributed by atoms with Crippen LogP contribution in [0.3, 0.4) is 0 Å². The molecule has 0 aliphatic carbocycles. The molecule has 0 aromatic rings. The van der Waals surface area contributed by atoms with E-state index in [4.69, 9.17) is 0 Å². The van der Waals surface area contributed by atoms with Crippen LogP contribution in [0.25, 0.3) is 0 Å². The highest BCUT2D eigenvalue weighted by Crippen LogP contribution is 2.56. The quantitative estimate of drug-likeness (QED) is 0.689. The minimum absolute atomic E-state index is 0.651. The average Bonchev–Trinajstić information content (AvgIpc) is 1.93. The normalized spacial score (nSPS) is 37.7. The fourth-order valence-electron chi connectivity index (χ4n) is 2.42. The lowest BCUT2D eigenvalue weighted by molar-refractivity contribution is -0.432. The lowest BCUT2D eigenvalue weighted by atomic mass is 9.71. The summed E-state index contributed by atoms with van der Waals surface area (Å²) < 4.78 is 81.0. The first kappa shape index (κ1) is 15.6. The van der Waals surface area contributed by atoms with Crippen LogP contribution in [0.1, 0.15) is 33.6 Å². The molecule has 1 saturated heterocycles. The zero-order chi connectivity index (χ0) is 14.6. The maximum atomic E-state index is 12.9. The largest absolute Gasteiger partial charge is 0.443 e. The standard InChI is InChI=1S/C10H14F6O2/c1-6(2)4-7(3,9(11,12)13)5-8(17,18-6)10(14,15)16/h17H,4-5H2,1-3H3/t7-,8?/m1/s1. The molecule has 1 heterocycles. The molecule has 1 aliphatic rings. The number of ether oxygens (including phenoxy) is 1. The molecule has 18 heavy (non-hydrogen) atoms. The van der Waals surface area contributed by atoms with Crippen LogP contribution in [-0.2, 0) is 4.74 Å². The minimum atomic E-state index is -5.28. The highest BCUT2D eigenvalue weighted by molar-refractivity contribution is 5.00. The SMILES string of the molecule is CC1(C)C[C@@](C)(C(F)(F)F)CC(O)(C(F)(F)F)O1. The molecule has 0 radical (unpaired) electrons. The van der Waals surface area contributed by atoms with Crippen molar-refractivity contribution in [2.75, 3.05) is 0 Å². The van der Waals surface area contributed by atoms with Gasteiger partial charge in [-0.3, -0.25) is 0 Å². The Balaban J connectivity index is 3.23. The Hall–Kier alpha value is -0.500. The Labute approximate surface area is 99.9 Å². The summed E-state index contributed by atoms with van der Waals surface area (Å²) in [6, 6.07) is 0. The van der Waals surface area contributed by atoms with Gasteiger partial charge in [0.05, 0.1) is 11.0 Å². The molecule has 2 atom stereocenters. The molecule has 0 amide bonds. The molecule has 1 fully saturated rings. The lowest BCUT2D eigenvalue weighted by Gasteiger charge is -2.51. The van der Waals surface area contributed by atoms with Crippen molar-refractivity contribution in [3.05, 3.63) is 0 Å². The van der Waals surface area contributed by atoms with Gasteiger partial charge >= 0.3 is 12.4 Å². The highest BCUT2D eigenvalue weighted by atomic mass is 19.4. The predicted octanol–water partition coefficient (Wildman–Crippen LogP) is 3.39. The van der Waals surface area contributed by atoms with Crippen molar-refractivity contribution in [1.82, 2.24) is 0 Å². The second-order valence-electron chi connectivity index (χ2n) is 5.56. The van der Waals surface area contributed by atoms with E-state index in [1.165, 1.54) is 0 Å². The van der Waals surface area contributed by atoms with Gasteiger partial charge in [-0.05, 0) is 20.3 Å². The fraction of sp³-hybridized carbons (Fsp3) is 1.00. The second-order valence-corrected chi connectivity index (χ2v) is 5.56. The van der Waals surface area contributed by atoms with E-state index in [9.17, 15) is 31.4 Å². The van der Waals surface area contributed by atoms with E-state index < -0.39 is 42.0 Å². The number of aliphatic hydroxyl groups is 1. The van der Waals surface area contributed by atoms with Gasteiger partial charge in [-0.1, -0.05) is 6.92 Å². The number of hydrogen-bond acceptors (Lipinski definition) is 2.